The van der Waals surface area contributed by atoms with Crippen LogP contribution in [0.2, 0.25) is 0 Å². The fourth-order valence-electron chi connectivity index (χ4n) is 2.33. The van der Waals surface area contributed by atoms with Gasteiger partial charge in [-0.3, -0.25) is 9.10 Å². The number of carbonyl (C=O) groups is 1. The lowest BCUT2D eigenvalue weighted by Crippen LogP contribution is -2.37. The van der Waals surface area contributed by atoms with Crippen molar-refractivity contribution in [2.45, 2.75) is 13.1 Å². The number of benzene rings is 2. The number of hydrogen-bond acceptors (Lipinski definition) is 3. The van der Waals surface area contributed by atoms with Crippen LogP contribution in [0.25, 0.3) is 0 Å². The molecule has 0 fully saturated rings. The summed E-state index contributed by atoms with van der Waals surface area (Å²) in [5.41, 5.74) is -0.00350. The van der Waals surface area contributed by atoms with E-state index < -0.39 is 34.2 Å². The summed E-state index contributed by atoms with van der Waals surface area (Å²) in [6, 6.07) is 10.7. The molecule has 2 rings (SSSR count). The second-order valence-corrected chi connectivity index (χ2v) is 7.59. The number of aryl methyl sites for hydroxylation is 1. The number of nitrogens with one attached hydrogen (secondary N) is 1. The Balaban J connectivity index is 2.23. The van der Waals surface area contributed by atoms with E-state index in [4.69, 9.17) is 0 Å². The number of rotatable bonds is 5. The molecule has 2 aromatic carbocycles. The largest absolute Gasteiger partial charge is 0.416 e. The van der Waals surface area contributed by atoms with Gasteiger partial charge < -0.3 is 5.32 Å². The van der Waals surface area contributed by atoms with Crippen molar-refractivity contribution in [1.29, 1.82) is 0 Å². The lowest BCUT2D eigenvalue weighted by molar-refractivity contribution is -0.137. The first-order chi connectivity index (χ1) is 12.0. The van der Waals surface area contributed by atoms with Gasteiger partial charge in [-0.05, 0) is 36.8 Å². The van der Waals surface area contributed by atoms with Crippen LogP contribution in [0.15, 0.2) is 48.5 Å². The molecule has 0 heterocycles. The highest BCUT2D eigenvalue weighted by Gasteiger charge is 2.30. The van der Waals surface area contributed by atoms with E-state index in [2.05, 4.69) is 5.32 Å². The third-order valence-corrected chi connectivity index (χ3v) is 4.67. The Bertz CT molecular complexity index is 911. The molecule has 26 heavy (non-hydrogen) atoms. The van der Waals surface area contributed by atoms with Crippen LogP contribution in [0.1, 0.15) is 11.1 Å². The number of sulfonamides is 1. The van der Waals surface area contributed by atoms with Gasteiger partial charge in [0.25, 0.3) is 0 Å². The van der Waals surface area contributed by atoms with Gasteiger partial charge in [0, 0.05) is 5.69 Å². The Morgan fingerprint density at radius 2 is 1.77 bits per heavy atom. The molecule has 140 valence electrons. The third kappa shape index (κ3) is 4.98. The predicted octanol–water partition coefficient (Wildman–Crippen LogP) is 3.42. The minimum atomic E-state index is -4.54. The van der Waals surface area contributed by atoms with E-state index in [9.17, 15) is 26.4 Å². The molecule has 0 bridgehead atoms. The molecular formula is C17H17F3N2O3S. The van der Waals surface area contributed by atoms with Crippen LogP contribution in [-0.2, 0) is 21.0 Å². The number of anilines is 2. The van der Waals surface area contributed by atoms with Gasteiger partial charge in [0.1, 0.15) is 6.54 Å². The van der Waals surface area contributed by atoms with Gasteiger partial charge >= 0.3 is 6.18 Å². The maximum Gasteiger partial charge on any atom is 0.416 e. The Hall–Kier alpha value is -2.55. The number of hydrogen-bond donors (Lipinski definition) is 1. The van der Waals surface area contributed by atoms with Crippen molar-refractivity contribution >= 4 is 27.3 Å². The molecule has 0 aliphatic rings. The molecule has 9 heteroatoms. The molecular weight excluding hydrogens is 369 g/mol. The number of halogens is 3. The summed E-state index contributed by atoms with van der Waals surface area (Å²) in [6.45, 7) is 1.14. The zero-order valence-corrected chi connectivity index (χ0v) is 14.9. The first-order valence-corrected chi connectivity index (χ1v) is 9.34. The summed E-state index contributed by atoms with van der Waals surface area (Å²) in [6.07, 6.45) is -3.59. The van der Waals surface area contributed by atoms with Gasteiger partial charge in [-0.25, -0.2) is 8.42 Å². The SMILES string of the molecule is Cc1ccccc1N(CC(=O)Nc1cccc(C(F)(F)F)c1)S(C)(=O)=O. The van der Waals surface area contributed by atoms with E-state index in [1.54, 1.807) is 31.2 Å². The number of carbonyl (C=O) groups excluding carboxylic acids is 1. The number of alkyl halides is 3. The first-order valence-electron chi connectivity index (χ1n) is 7.49. The molecule has 0 aromatic heterocycles. The Kier molecular flexibility index (Phi) is 5.60. The Labute approximate surface area is 149 Å². The minimum absolute atomic E-state index is 0.0666. The summed E-state index contributed by atoms with van der Waals surface area (Å²) in [4.78, 5) is 12.2. The van der Waals surface area contributed by atoms with Crippen molar-refractivity contribution < 1.29 is 26.4 Å². The lowest BCUT2D eigenvalue weighted by Gasteiger charge is -2.23. The predicted molar refractivity (Wildman–Crippen MR) is 93.4 cm³/mol. The van der Waals surface area contributed by atoms with Crippen LogP contribution in [0.5, 0.6) is 0 Å². The van der Waals surface area contributed by atoms with E-state index in [0.717, 1.165) is 28.8 Å². The summed E-state index contributed by atoms with van der Waals surface area (Å²) in [5.74, 6) is -0.752. The molecule has 0 aliphatic carbocycles. The molecule has 1 amide bonds. The molecule has 5 nitrogen and oxygen atoms in total. The van der Waals surface area contributed by atoms with Crippen LogP contribution < -0.4 is 9.62 Å². The molecule has 0 atom stereocenters. The Morgan fingerprint density at radius 3 is 2.35 bits per heavy atom. The van der Waals surface area contributed by atoms with E-state index in [-0.39, 0.29) is 5.69 Å². The highest BCUT2D eigenvalue weighted by molar-refractivity contribution is 7.92. The second kappa shape index (κ2) is 7.36. The van der Waals surface area contributed by atoms with E-state index >= 15 is 0 Å². The van der Waals surface area contributed by atoms with Gasteiger partial charge in [-0.1, -0.05) is 24.3 Å². The van der Waals surface area contributed by atoms with E-state index in [0.29, 0.717) is 11.3 Å². The normalized spacial score (nSPS) is 11.9. The molecule has 0 spiro atoms. The molecule has 0 saturated carbocycles. The summed E-state index contributed by atoms with van der Waals surface area (Å²) < 4.78 is 63.2. The first kappa shape index (κ1) is 19.8. The molecule has 1 N–H and O–H groups in total. The van der Waals surface area contributed by atoms with Crippen LogP contribution in [-0.4, -0.2) is 27.1 Å². The van der Waals surface area contributed by atoms with Gasteiger partial charge in [0.05, 0.1) is 17.5 Å². The van der Waals surface area contributed by atoms with Crippen molar-refractivity contribution in [2.24, 2.45) is 0 Å². The average molecular weight is 386 g/mol. The summed E-state index contributed by atoms with van der Waals surface area (Å²) in [5, 5.41) is 2.30. The fourth-order valence-corrected chi connectivity index (χ4v) is 3.24. The third-order valence-electron chi connectivity index (χ3n) is 3.55. The van der Waals surface area contributed by atoms with Gasteiger partial charge in [-0.15, -0.1) is 0 Å². The van der Waals surface area contributed by atoms with Crippen LogP contribution in [0.4, 0.5) is 24.5 Å². The molecule has 0 saturated heterocycles. The number of para-hydroxylation sites is 1. The van der Waals surface area contributed by atoms with Gasteiger partial charge in [-0.2, -0.15) is 13.2 Å². The highest BCUT2D eigenvalue weighted by Crippen LogP contribution is 2.30. The zero-order valence-electron chi connectivity index (χ0n) is 14.0. The van der Waals surface area contributed by atoms with Crippen molar-refractivity contribution in [3.05, 3.63) is 59.7 Å². The van der Waals surface area contributed by atoms with E-state index in [1.807, 2.05) is 0 Å². The summed E-state index contributed by atoms with van der Waals surface area (Å²) >= 11 is 0. The van der Waals surface area contributed by atoms with Crippen molar-refractivity contribution in [1.82, 2.24) is 0 Å². The molecule has 0 unspecified atom stereocenters. The quantitative estimate of drug-likeness (QED) is 0.856. The average Bonchev–Trinajstić information content (AvgIpc) is 2.52. The molecule has 2 aromatic rings. The molecule has 0 aliphatic heterocycles. The van der Waals surface area contributed by atoms with E-state index in [1.165, 1.54) is 6.07 Å². The van der Waals surface area contributed by atoms with Crippen molar-refractivity contribution in [3.8, 4) is 0 Å². The van der Waals surface area contributed by atoms with Crippen molar-refractivity contribution in [3.63, 3.8) is 0 Å². The van der Waals surface area contributed by atoms with Crippen LogP contribution in [0, 0.1) is 6.92 Å². The smallest absolute Gasteiger partial charge is 0.325 e. The fraction of sp³-hybridized carbons (Fsp3) is 0.235. The monoisotopic (exact) mass is 386 g/mol. The standard InChI is InChI=1S/C17H17F3N2O3S/c1-12-6-3-4-9-15(12)22(26(2,24)25)11-16(23)21-14-8-5-7-13(10-14)17(18,19)20/h3-10H,11H2,1-2H3,(H,21,23). The zero-order chi connectivity index (χ0) is 19.5. The topological polar surface area (TPSA) is 66.5 Å². The maximum atomic E-state index is 12.7. The number of amides is 1. The Morgan fingerprint density at radius 1 is 1.12 bits per heavy atom. The maximum absolute atomic E-state index is 12.7. The lowest BCUT2D eigenvalue weighted by atomic mass is 10.2. The van der Waals surface area contributed by atoms with Gasteiger partial charge in [0.15, 0.2) is 0 Å². The van der Waals surface area contributed by atoms with Crippen molar-refractivity contribution in [2.75, 3.05) is 22.4 Å². The number of nitrogens with zero attached hydrogens (tertiary/aromatic N) is 1. The minimum Gasteiger partial charge on any atom is -0.325 e. The summed E-state index contributed by atoms with van der Waals surface area (Å²) in [7, 11) is -3.77. The highest BCUT2D eigenvalue weighted by atomic mass is 32.2. The molecule has 0 radical (unpaired) electrons. The van der Waals surface area contributed by atoms with Crippen LogP contribution >= 0.6 is 0 Å². The van der Waals surface area contributed by atoms with Gasteiger partial charge in [0.2, 0.25) is 15.9 Å². The second-order valence-electron chi connectivity index (χ2n) is 5.68. The van der Waals surface area contributed by atoms with Crippen LogP contribution in [0.3, 0.4) is 0 Å².